The Bertz CT molecular complexity index is 959. The number of hydrogen-bond donors (Lipinski definition) is 1. The van der Waals surface area contributed by atoms with Crippen molar-refractivity contribution in [3.63, 3.8) is 0 Å². The third-order valence-electron chi connectivity index (χ3n) is 4.04. The number of hydrogen-bond acceptors (Lipinski definition) is 4. The van der Waals surface area contributed by atoms with Crippen LogP contribution in [0.4, 0.5) is 14.6 Å². The summed E-state index contributed by atoms with van der Waals surface area (Å²) < 4.78 is 36.0. The zero-order valence-electron chi connectivity index (χ0n) is 15.4. The van der Waals surface area contributed by atoms with Crippen molar-refractivity contribution in [2.45, 2.75) is 20.1 Å². The molecule has 0 aliphatic carbocycles. The third-order valence-corrected chi connectivity index (χ3v) is 4.04. The highest BCUT2D eigenvalue weighted by atomic mass is 19.3. The van der Waals surface area contributed by atoms with Crippen molar-refractivity contribution in [3.8, 4) is 11.5 Å². The lowest BCUT2D eigenvalue weighted by Crippen LogP contribution is -2.13. The van der Waals surface area contributed by atoms with Crippen molar-refractivity contribution in [1.82, 2.24) is 9.78 Å². The molecule has 0 aliphatic heterocycles. The summed E-state index contributed by atoms with van der Waals surface area (Å²) in [5.74, 6) is -0.146. The Kier molecular flexibility index (Phi) is 5.88. The van der Waals surface area contributed by atoms with Gasteiger partial charge in [-0.15, -0.1) is 0 Å². The summed E-state index contributed by atoms with van der Waals surface area (Å²) in [6.07, 6.45) is 0. The maximum absolute atomic E-state index is 12.5. The van der Waals surface area contributed by atoms with Crippen molar-refractivity contribution in [1.29, 1.82) is 0 Å². The number of anilines is 1. The van der Waals surface area contributed by atoms with Crippen molar-refractivity contribution in [3.05, 3.63) is 71.4 Å². The first-order valence-electron chi connectivity index (χ1n) is 8.49. The maximum Gasteiger partial charge on any atom is 0.387 e. The molecule has 3 rings (SSSR count). The van der Waals surface area contributed by atoms with E-state index in [2.05, 4.69) is 15.2 Å². The predicted octanol–water partition coefficient (Wildman–Crippen LogP) is 4.10. The van der Waals surface area contributed by atoms with Crippen LogP contribution in [0.1, 0.15) is 21.6 Å². The molecule has 0 atom stereocenters. The van der Waals surface area contributed by atoms with Gasteiger partial charge in [0.25, 0.3) is 5.91 Å². The van der Waals surface area contributed by atoms with Gasteiger partial charge in [-0.05, 0) is 30.7 Å². The van der Waals surface area contributed by atoms with Crippen LogP contribution in [0, 0.1) is 6.92 Å². The molecule has 1 N–H and O–H groups in total. The van der Waals surface area contributed by atoms with Crippen molar-refractivity contribution in [2.24, 2.45) is 0 Å². The molecular weight excluding hydrogens is 368 g/mol. The van der Waals surface area contributed by atoms with E-state index in [1.807, 2.05) is 37.3 Å². The monoisotopic (exact) mass is 387 g/mol. The molecule has 0 unspecified atom stereocenters. The molecule has 1 aromatic heterocycles. The number of benzene rings is 2. The number of nitrogens with one attached hydrogen (secondary N) is 1. The molecule has 0 aliphatic rings. The van der Waals surface area contributed by atoms with Crippen LogP contribution >= 0.6 is 0 Å². The molecule has 1 heterocycles. The molecule has 8 heteroatoms. The lowest BCUT2D eigenvalue weighted by Gasteiger charge is -2.11. The second-order valence-electron chi connectivity index (χ2n) is 6.01. The standard InChI is InChI=1S/C20H19F2N3O3/c1-13-10-18(24-25(13)12-14-6-4-3-5-7-14)23-19(26)15-8-9-16(28-20(21)22)17(11-15)27-2/h3-11,20H,12H2,1-2H3,(H,23,24,26). The number of alkyl halides is 2. The maximum atomic E-state index is 12.5. The summed E-state index contributed by atoms with van der Waals surface area (Å²) in [6.45, 7) is -0.508. The highest BCUT2D eigenvalue weighted by Crippen LogP contribution is 2.29. The summed E-state index contributed by atoms with van der Waals surface area (Å²) in [5.41, 5.74) is 2.21. The molecule has 6 nitrogen and oxygen atoms in total. The first-order chi connectivity index (χ1) is 13.5. The SMILES string of the molecule is COc1cc(C(=O)Nc2cc(C)n(Cc3ccccc3)n2)ccc1OC(F)F. The second kappa shape index (κ2) is 8.51. The van der Waals surface area contributed by atoms with Gasteiger partial charge < -0.3 is 14.8 Å². The molecule has 0 fully saturated rings. The lowest BCUT2D eigenvalue weighted by molar-refractivity contribution is -0.0512. The fourth-order valence-electron chi connectivity index (χ4n) is 2.68. The van der Waals surface area contributed by atoms with E-state index < -0.39 is 12.5 Å². The number of aromatic nitrogens is 2. The molecule has 0 bridgehead atoms. The molecule has 0 saturated heterocycles. The Balaban J connectivity index is 1.73. The number of methoxy groups -OCH3 is 1. The number of halogens is 2. The van der Waals surface area contributed by atoms with Crippen molar-refractivity contribution >= 4 is 11.7 Å². The van der Waals surface area contributed by atoms with Crippen LogP contribution in [0.25, 0.3) is 0 Å². The molecule has 28 heavy (non-hydrogen) atoms. The molecule has 146 valence electrons. The van der Waals surface area contributed by atoms with Crippen LogP contribution in [0.3, 0.4) is 0 Å². The highest BCUT2D eigenvalue weighted by Gasteiger charge is 2.15. The molecule has 2 aromatic carbocycles. The number of carbonyl (C=O) groups excluding carboxylic acids is 1. The van der Waals surface area contributed by atoms with Gasteiger partial charge in [0.15, 0.2) is 17.3 Å². The molecule has 1 amide bonds. The van der Waals surface area contributed by atoms with Crippen molar-refractivity contribution < 1.29 is 23.0 Å². The van der Waals surface area contributed by atoms with Crippen LogP contribution in [0.2, 0.25) is 0 Å². The number of amides is 1. The lowest BCUT2D eigenvalue weighted by atomic mass is 10.2. The van der Waals surface area contributed by atoms with Gasteiger partial charge in [0.1, 0.15) is 0 Å². The first-order valence-corrected chi connectivity index (χ1v) is 8.49. The summed E-state index contributed by atoms with van der Waals surface area (Å²) >= 11 is 0. The van der Waals surface area contributed by atoms with Gasteiger partial charge in [0.2, 0.25) is 0 Å². The summed E-state index contributed by atoms with van der Waals surface area (Å²) in [6, 6.07) is 15.6. The summed E-state index contributed by atoms with van der Waals surface area (Å²) in [5, 5.41) is 7.10. The van der Waals surface area contributed by atoms with E-state index in [9.17, 15) is 13.6 Å². The van der Waals surface area contributed by atoms with E-state index in [1.165, 1.54) is 25.3 Å². The van der Waals surface area contributed by atoms with E-state index in [0.717, 1.165) is 11.3 Å². The fraction of sp³-hybridized carbons (Fsp3) is 0.200. The van der Waals surface area contributed by atoms with Gasteiger partial charge in [-0.1, -0.05) is 30.3 Å². The third kappa shape index (κ3) is 4.64. The van der Waals surface area contributed by atoms with Crippen LogP contribution in [-0.2, 0) is 6.54 Å². The fourth-order valence-corrected chi connectivity index (χ4v) is 2.68. The van der Waals surface area contributed by atoms with Crippen molar-refractivity contribution in [2.75, 3.05) is 12.4 Å². The quantitative estimate of drug-likeness (QED) is 0.663. The minimum atomic E-state index is -2.98. The highest BCUT2D eigenvalue weighted by molar-refractivity contribution is 6.04. The number of aryl methyl sites for hydroxylation is 1. The van der Waals surface area contributed by atoms with E-state index in [-0.39, 0.29) is 17.1 Å². The van der Waals surface area contributed by atoms with E-state index >= 15 is 0 Å². The predicted molar refractivity (Wildman–Crippen MR) is 100 cm³/mol. The zero-order chi connectivity index (χ0) is 20.1. The average molecular weight is 387 g/mol. The Labute approximate surface area is 160 Å². The van der Waals surface area contributed by atoms with E-state index in [0.29, 0.717) is 12.4 Å². The number of nitrogens with zero attached hydrogens (tertiary/aromatic N) is 2. The largest absolute Gasteiger partial charge is 0.493 e. The van der Waals surface area contributed by atoms with Gasteiger partial charge in [-0.3, -0.25) is 9.48 Å². The molecule has 3 aromatic rings. The Morgan fingerprint density at radius 1 is 1.14 bits per heavy atom. The van der Waals surface area contributed by atoms with Gasteiger partial charge in [-0.2, -0.15) is 13.9 Å². The zero-order valence-corrected chi connectivity index (χ0v) is 15.4. The topological polar surface area (TPSA) is 65.4 Å². The van der Waals surface area contributed by atoms with E-state index in [1.54, 1.807) is 10.7 Å². The van der Waals surface area contributed by atoms with Crippen LogP contribution in [0.15, 0.2) is 54.6 Å². The minimum Gasteiger partial charge on any atom is -0.493 e. The molecule has 0 saturated carbocycles. The number of ether oxygens (including phenoxy) is 2. The average Bonchev–Trinajstić information content (AvgIpc) is 3.01. The Hall–Kier alpha value is -3.42. The van der Waals surface area contributed by atoms with Crippen LogP contribution in [-0.4, -0.2) is 29.4 Å². The number of rotatable bonds is 7. The molecule has 0 spiro atoms. The van der Waals surface area contributed by atoms with Gasteiger partial charge in [0, 0.05) is 17.3 Å². The smallest absolute Gasteiger partial charge is 0.387 e. The second-order valence-corrected chi connectivity index (χ2v) is 6.01. The summed E-state index contributed by atoms with van der Waals surface area (Å²) in [7, 11) is 1.31. The summed E-state index contributed by atoms with van der Waals surface area (Å²) in [4.78, 5) is 12.5. The Morgan fingerprint density at radius 3 is 2.57 bits per heavy atom. The number of carbonyl (C=O) groups is 1. The molecular formula is C20H19F2N3O3. The molecule has 0 radical (unpaired) electrons. The van der Waals surface area contributed by atoms with Crippen LogP contribution in [0.5, 0.6) is 11.5 Å². The van der Waals surface area contributed by atoms with Gasteiger partial charge in [0.05, 0.1) is 13.7 Å². The van der Waals surface area contributed by atoms with E-state index in [4.69, 9.17) is 4.74 Å². The van der Waals surface area contributed by atoms with Gasteiger partial charge in [-0.25, -0.2) is 0 Å². The van der Waals surface area contributed by atoms with Gasteiger partial charge >= 0.3 is 6.61 Å². The Morgan fingerprint density at radius 2 is 1.89 bits per heavy atom. The normalized spacial score (nSPS) is 10.8. The first kappa shape index (κ1) is 19.3. The minimum absolute atomic E-state index is 0.0405. The van der Waals surface area contributed by atoms with Crippen LogP contribution < -0.4 is 14.8 Å².